The van der Waals surface area contributed by atoms with E-state index in [1.54, 1.807) is 18.2 Å². The van der Waals surface area contributed by atoms with Crippen LogP contribution in [0.3, 0.4) is 0 Å². The summed E-state index contributed by atoms with van der Waals surface area (Å²) in [6, 6.07) is 8.51. The maximum atomic E-state index is 12.9. The van der Waals surface area contributed by atoms with Crippen molar-refractivity contribution in [3.8, 4) is 5.88 Å². The fourth-order valence-electron chi connectivity index (χ4n) is 2.84. The van der Waals surface area contributed by atoms with Crippen molar-refractivity contribution >= 4 is 27.9 Å². The van der Waals surface area contributed by atoms with Gasteiger partial charge in [-0.3, -0.25) is 0 Å². The third-order valence-corrected chi connectivity index (χ3v) is 6.31. The molecule has 206 valence electrons. The lowest BCUT2D eigenvalue weighted by Gasteiger charge is -2.25. The molecule has 0 spiro atoms. The normalized spacial score (nSPS) is 13.7. The number of hydrogen-bond donors (Lipinski definition) is 3. The molecule has 0 aliphatic heterocycles. The van der Waals surface area contributed by atoms with Crippen LogP contribution in [0.15, 0.2) is 42.6 Å². The summed E-state index contributed by atoms with van der Waals surface area (Å²) in [5, 5.41) is 19.1. The first kappa shape index (κ1) is 30.5. The van der Waals surface area contributed by atoms with Crippen LogP contribution in [0.1, 0.15) is 17.5 Å². The number of benzene rings is 1. The lowest BCUT2D eigenvalue weighted by atomic mass is 10.2. The summed E-state index contributed by atoms with van der Waals surface area (Å²) in [6.45, 7) is -1.01. The van der Waals surface area contributed by atoms with Gasteiger partial charge in [0.15, 0.2) is 6.29 Å². The zero-order valence-corrected chi connectivity index (χ0v) is 21.0. The number of aliphatic hydroxyl groups excluding tert-OH is 1. The van der Waals surface area contributed by atoms with E-state index in [0.29, 0.717) is 17.8 Å². The topological polar surface area (TPSA) is 148 Å². The average Bonchev–Trinajstić information content (AvgIpc) is 2.82. The van der Waals surface area contributed by atoms with Crippen molar-refractivity contribution in [3.05, 3.63) is 58.7 Å². The van der Waals surface area contributed by atoms with Crippen LogP contribution >= 0.6 is 11.6 Å². The second-order valence-electron chi connectivity index (χ2n) is 7.43. The molecule has 2 unspecified atom stereocenters. The monoisotopic (exact) mass is 571 g/mol. The highest BCUT2D eigenvalue weighted by molar-refractivity contribution is 7.87. The Bertz CT molecular complexity index is 1130. The molecule has 0 bridgehead atoms. The Labute approximate surface area is 215 Å². The molecule has 0 saturated heterocycles. The molecule has 0 saturated carbocycles. The number of rotatable bonds is 14. The summed E-state index contributed by atoms with van der Waals surface area (Å²) in [5.74, 6) is -0.470. The quantitative estimate of drug-likeness (QED) is 0.230. The van der Waals surface area contributed by atoms with Gasteiger partial charge in [-0.05, 0) is 11.6 Å². The number of methoxy groups -OCH3 is 1. The van der Waals surface area contributed by atoms with Crippen molar-refractivity contribution in [2.75, 3.05) is 26.9 Å². The summed E-state index contributed by atoms with van der Waals surface area (Å²) in [4.78, 5) is 15.2. The minimum absolute atomic E-state index is 0.0285. The van der Waals surface area contributed by atoms with E-state index >= 15 is 0 Å². The van der Waals surface area contributed by atoms with Gasteiger partial charge < -0.3 is 24.4 Å². The number of nitrogens with zero attached hydrogens (tertiary/aromatic N) is 2. The largest absolute Gasteiger partial charge is 0.472 e. The maximum Gasteiger partial charge on any atom is 0.422 e. The molecule has 0 fully saturated rings. The molecule has 0 radical (unpaired) electrons. The Morgan fingerprint density at radius 2 is 1.92 bits per heavy atom. The number of hydrogen-bond acceptors (Lipinski definition) is 8. The van der Waals surface area contributed by atoms with Crippen LogP contribution in [0, 0.1) is 0 Å². The highest BCUT2D eigenvalue weighted by Gasteiger charge is 2.33. The summed E-state index contributed by atoms with van der Waals surface area (Å²) in [7, 11) is -3.24. The van der Waals surface area contributed by atoms with Crippen molar-refractivity contribution in [3.63, 3.8) is 0 Å². The van der Waals surface area contributed by atoms with E-state index in [-0.39, 0.29) is 17.5 Å². The number of aliphatic hydroxyl groups is 1. The summed E-state index contributed by atoms with van der Waals surface area (Å²) >= 11 is 5.87. The fourth-order valence-corrected chi connectivity index (χ4v) is 4.13. The Hall–Kier alpha value is -2.69. The van der Waals surface area contributed by atoms with Gasteiger partial charge in [0.2, 0.25) is 5.88 Å². The molecule has 2 aromatic rings. The molecule has 11 nitrogen and oxygen atoms in total. The second kappa shape index (κ2) is 13.7. The Morgan fingerprint density at radius 1 is 1.24 bits per heavy atom. The first-order valence-electron chi connectivity index (χ1n) is 10.6. The van der Waals surface area contributed by atoms with Crippen LogP contribution < -0.4 is 9.46 Å². The van der Waals surface area contributed by atoms with Crippen molar-refractivity contribution in [1.82, 2.24) is 14.0 Å². The first-order chi connectivity index (χ1) is 17.3. The zero-order chi connectivity index (χ0) is 27.6. The van der Waals surface area contributed by atoms with Crippen molar-refractivity contribution < 1.29 is 50.8 Å². The first-order valence-corrected chi connectivity index (χ1v) is 12.4. The molecule has 3 N–H and O–H groups in total. The number of amides is 1. The molecule has 0 aliphatic rings. The number of carboxylic acid groups (broad SMARTS) is 1. The van der Waals surface area contributed by atoms with Gasteiger partial charge in [0.25, 0.3) is 0 Å². The maximum absolute atomic E-state index is 12.9. The van der Waals surface area contributed by atoms with E-state index in [0.717, 1.165) is 0 Å². The van der Waals surface area contributed by atoms with Crippen molar-refractivity contribution in [2.45, 2.75) is 31.5 Å². The van der Waals surface area contributed by atoms with Crippen LogP contribution in [-0.2, 0) is 32.4 Å². The molecule has 1 heterocycles. The minimum Gasteiger partial charge on any atom is -0.472 e. The van der Waals surface area contributed by atoms with Crippen LogP contribution in [0.5, 0.6) is 5.88 Å². The van der Waals surface area contributed by atoms with Gasteiger partial charge in [0, 0.05) is 26.3 Å². The third-order valence-electron chi connectivity index (χ3n) is 4.64. The summed E-state index contributed by atoms with van der Waals surface area (Å²) < 4.78 is 81.8. The molecule has 1 aromatic heterocycles. The van der Waals surface area contributed by atoms with Crippen molar-refractivity contribution in [1.29, 1.82) is 0 Å². The second-order valence-corrected chi connectivity index (χ2v) is 9.52. The molecule has 16 heteroatoms. The third kappa shape index (κ3) is 9.94. The predicted octanol–water partition coefficient (Wildman–Crippen LogP) is 2.89. The van der Waals surface area contributed by atoms with Crippen LogP contribution in [0.25, 0.3) is 0 Å². The van der Waals surface area contributed by atoms with E-state index in [4.69, 9.17) is 25.8 Å². The van der Waals surface area contributed by atoms with Crippen molar-refractivity contribution in [2.24, 2.45) is 0 Å². The Morgan fingerprint density at radius 3 is 2.49 bits per heavy atom. The number of carbonyl (C=O) groups is 1. The number of nitrogens with one attached hydrogen (secondary N) is 1. The van der Waals surface area contributed by atoms with Gasteiger partial charge in [-0.2, -0.15) is 30.6 Å². The van der Waals surface area contributed by atoms with Crippen LogP contribution in [-0.4, -0.2) is 73.3 Å². The van der Waals surface area contributed by atoms with E-state index < -0.39 is 70.8 Å². The molecular weight excluding hydrogens is 547 g/mol. The Balaban J connectivity index is 2.20. The lowest BCUT2D eigenvalue weighted by molar-refractivity contribution is -0.137. The SMILES string of the molecule is COCCOC(O)CC(CNS(=O)(=O)N(Cc1ccccc1)C(=O)O)Oc1ncc(C(F)(F)F)cc1Cl. The van der Waals surface area contributed by atoms with Gasteiger partial charge >= 0.3 is 22.5 Å². The number of aromatic nitrogens is 1. The smallest absolute Gasteiger partial charge is 0.422 e. The number of pyridine rings is 1. The molecule has 37 heavy (non-hydrogen) atoms. The predicted molar refractivity (Wildman–Crippen MR) is 124 cm³/mol. The van der Waals surface area contributed by atoms with E-state index in [9.17, 15) is 36.6 Å². The number of ether oxygens (including phenoxy) is 3. The van der Waals surface area contributed by atoms with Gasteiger partial charge in [0.1, 0.15) is 11.1 Å². The highest BCUT2D eigenvalue weighted by atomic mass is 35.5. The van der Waals surface area contributed by atoms with E-state index in [1.807, 2.05) is 0 Å². The Kier molecular flexibility index (Phi) is 11.3. The summed E-state index contributed by atoms with van der Waals surface area (Å²) in [5.41, 5.74) is -0.742. The van der Waals surface area contributed by atoms with Crippen LogP contribution in [0.2, 0.25) is 5.02 Å². The van der Waals surface area contributed by atoms with Gasteiger partial charge in [-0.25, -0.2) is 9.78 Å². The fraction of sp³-hybridized carbons (Fsp3) is 0.429. The molecule has 2 rings (SSSR count). The molecule has 1 amide bonds. The van der Waals surface area contributed by atoms with E-state index in [2.05, 4.69) is 9.71 Å². The molecular formula is C21H25ClF3N3O8S. The molecule has 0 aliphatic carbocycles. The van der Waals surface area contributed by atoms with Gasteiger partial charge in [0.05, 0.1) is 25.3 Å². The van der Waals surface area contributed by atoms with E-state index in [1.165, 1.54) is 19.2 Å². The standard InChI is InChI=1S/C21H25ClF3N3O8S/c1-34-7-8-35-18(29)10-16(36-19-17(22)9-15(11-26-19)21(23,24)25)12-27-37(32,33)28(20(30)31)13-14-5-3-2-4-6-14/h2-6,9,11,16,18,27,29H,7-8,10,12-13H2,1H3,(H,30,31). The molecule has 2 atom stereocenters. The van der Waals surface area contributed by atoms with Gasteiger partial charge in [-0.1, -0.05) is 41.9 Å². The minimum atomic E-state index is -4.71. The molecule has 1 aromatic carbocycles. The zero-order valence-electron chi connectivity index (χ0n) is 19.4. The number of halogens is 4. The van der Waals surface area contributed by atoms with Crippen LogP contribution in [0.4, 0.5) is 18.0 Å². The van der Waals surface area contributed by atoms with Gasteiger partial charge in [-0.15, -0.1) is 0 Å². The number of alkyl halides is 3. The lowest BCUT2D eigenvalue weighted by Crippen LogP contribution is -2.47. The average molecular weight is 572 g/mol. The highest BCUT2D eigenvalue weighted by Crippen LogP contribution is 2.33. The summed E-state index contributed by atoms with van der Waals surface area (Å²) in [6.07, 6.45) is -9.19.